The molecule has 0 spiro atoms. The lowest BCUT2D eigenvalue weighted by atomic mass is 9.95. The van der Waals surface area contributed by atoms with Gasteiger partial charge in [-0.2, -0.15) is 0 Å². The third kappa shape index (κ3) is 4.51. The Kier molecular flexibility index (Phi) is 6.15. The van der Waals surface area contributed by atoms with Crippen molar-refractivity contribution in [1.82, 2.24) is 19.9 Å². The first kappa shape index (κ1) is 28.6. The number of nitrogens with zero attached hydrogens (tertiary/aromatic N) is 4. The number of rotatable bonds is 4. The van der Waals surface area contributed by atoms with Gasteiger partial charge in [0.25, 0.3) is 0 Å². The van der Waals surface area contributed by atoms with Crippen molar-refractivity contribution >= 4 is 65.7 Å². The van der Waals surface area contributed by atoms with E-state index in [1.807, 2.05) is 84.9 Å². The number of aromatic nitrogens is 4. The minimum Gasteiger partial charge on any atom is -0.456 e. The minimum atomic E-state index is 0.545. The Bertz CT molecular complexity index is 3200. The average molecular weight is 667 g/mol. The summed E-state index contributed by atoms with van der Waals surface area (Å²) in [6.45, 7) is 0. The quantitative estimate of drug-likeness (QED) is 0.186. The molecular weight excluding hydrogens is 641 g/mol. The zero-order valence-electron chi connectivity index (χ0n) is 27.6. The molecule has 0 fully saturated rings. The Morgan fingerprint density at radius 3 is 1.96 bits per heavy atom. The highest BCUT2D eigenvalue weighted by Crippen LogP contribution is 2.43. The van der Waals surface area contributed by atoms with Gasteiger partial charge < -0.3 is 8.83 Å². The van der Waals surface area contributed by atoms with Crippen molar-refractivity contribution in [2.24, 2.45) is 0 Å². The van der Waals surface area contributed by atoms with Crippen LogP contribution in [-0.2, 0) is 0 Å². The molecule has 0 saturated heterocycles. The van der Waals surface area contributed by atoms with Gasteiger partial charge in [0.15, 0.2) is 17.5 Å². The van der Waals surface area contributed by atoms with Gasteiger partial charge in [0.2, 0.25) is 5.71 Å². The topological polar surface area (TPSA) is 77.8 Å². The number of furan rings is 2. The van der Waals surface area contributed by atoms with Crippen molar-refractivity contribution in [2.75, 3.05) is 0 Å². The summed E-state index contributed by atoms with van der Waals surface area (Å²) in [6, 6.07) is 53.6. The second-order valence-corrected chi connectivity index (χ2v) is 13.0. The first-order valence-corrected chi connectivity index (χ1v) is 17.2. The van der Waals surface area contributed by atoms with Crippen LogP contribution < -0.4 is 0 Å². The molecule has 0 aliphatic carbocycles. The van der Waals surface area contributed by atoms with Gasteiger partial charge in [-0.05, 0) is 64.4 Å². The molecule has 0 bridgehead atoms. The molecule has 242 valence electrons. The van der Waals surface area contributed by atoms with E-state index in [4.69, 9.17) is 28.8 Å². The molecule has 0 aliphatic rings. The molecule has 4 aromatic heterocycles. The Labute approximate surface area is 296 Å². The van der Waals surface area contributed by atoms with Gasteiger partial charge in [-0.25, -0.2) is 19.9 Å². The molecule has 6 nitrogen and oxygen atoms in total. The maximum absolute atomic E-state index is 6.64. The lowest BCUT2D eigenvalue weighted by Crippen LogP contribution is -2.00. The maximum atomic E-state index is 6.64. The van der Waals surface area contributed by atoms with Crippen LogP contribution in [0.3, 0.4) is 0 Å². The summed E-state index contributed by atoms with van der Waals surface area (Å²) in [4.78, 5) is 20.4. The van der Waals surface area contributed by atoms with E-state index in [0.717, 1.165) is 82.2 Å². The Balaban J connectivity index is 1.24. The highest BCUT2D eigenvalue weighted by Gasteiger charge is 2.22. The monoisotopic (exact) mass is 666 g/mol. The lowest BCUT2D eigenvalue weighted by Gasteiger charge is -2.12. The Morgan fingerprint density at radius 1 is 0.346 bits per heavy atom. The highest BCUT2D eigenvalue weighted by atomic mass is 16.3. The number of para-hydroxylation sites is 2. The molecule has 4 heterocycles. The fraction of sp³-hybridized carbons (Fsp3) is 0. The summed E-state index contributed by atoms with van der Waals surface area (Å²) in [7, 11) is 0. The fourth-order valence-corrected chi connectivity index (χ4v) is 7.45. The summed E-state index contributed by atoms with van der Waals surface area (Å²) in [5.41, 5.74) is 8.42. The Morgan fingerprint density at radius 2 is 1.06 bits per heavy atom. The smallest absolute Gasteiger partial charge is 0.227 e. The van der Waals surface area contributed by atoms with Crippen molar-refractivity contribution in [1.29, 1.82) is 0 Å². The van der Waals surface area contributed by atoms with E-state index in [-0.39, 0.29) is 0 Å². The van der Waals surface area contributed by atoms with Crippen LogP contribution in [0.15, 0.2) is 167 Å². The molecule has 6 heteroatoms. The van der Waals surface area contributed by atoms with Crippen molar-refractivity contribution in [2.45, 2.75) is 0 Å². The highest BCUT2D eigenvalue weighted by molar-refractivity contribution is 6.17. The van der Waals surface area contributed by atoms with E-state index in [2.05, 4.69) is 72.8 Å². The van der Waals surface area contributed by atoms with Gasteiger partial charge in [0.05, 0.1) is 5.52 Å². The first-order valence-electron chi connectivity index (χ1n) is 17.2. The van der Waals surface area contributed by atoms with Crippen LogP contribution in [-0.4, -0.2) is 19.9 Å². The first-order chi connectivity index (χ1) is 25.7. The molecule has 11 rings (SSSR count). The summed E-state index contributed by atoms with van der Waals surface area (Å²) in [5.74, 6) is 1.73. The van der Waals surface area contributed by atoms with Crippen LogP contribution >= 0.6 is 0 Å². The van der Waals surface area contributed by atoms with E-state index in [1.54, 1.807) is 0 Å². The minimum absolute atomic E-state index is 0.545. The molecule has 0 saturated carbocycles. The SMILES string of the molecule is c1ccc(-c2nc(-c3ccc4ccccc4c3)nc(-c3cc(-c4cccc5oc6ccccc6c45)cc4oc5nc6ccccc6cc5c34)n2)cc1. The molecule has 0 aliphatic heterocycles. The van der Waals surface area contributed by atoms with Crippen LogP contribution in [0, 0.1) is 0 Å². The molecule has 52 heavy (non-hydrogen) atoms. The molecule has 0 N–H and O–H groups in total. The maximum Gasteiger partial charge on any atom is 0.227 e. The molecule has 0 radical (unpaired) electrons. The molecular formula is C46H26N4O2. The molecule has 0 unspecified atom stereocenters. The molecule has 0 atom stereocenters. The Hall–Kier alpha value is -7.18. The molecule has 7 aromatic carbocycles. The zero-order valence-corrected chi connectivity index (χ0v) is 27.6. The predicted molar refractivity (Wildman–Crippen MR) is 209 cm³/mol. The number of benzene rings is 7. The van der Waals surface area contributed by atoms with Crippen molar-refractivity contribution in [3.63, 3.8) is 0 Å². The second kappa shape index (κ2) is 11.2. The third-order valence-corrected chi connectivity index (χ3v) is 9.90. The zero-order chi connectivity index (χ0) is 34.2. The van der Waals surface area contributed by atoms with Gasteiger partial charge in [0, 0.05) is 43.6 Å². The number of hydrogen-bond donors (Lipinski definition) is 0. The van der Waals surface area contributed by atoms with Crippen molar-refractivity contribution < 1.29 is 8.83 Å². The summed E-state index contributed by atoms with van der Waals surface area (Å²) in [5, 5.41) is 7.20. The third-order valence-electron chi connectivity index (χ3n) is 9.90. The van der Waals surface area contributed by atoms with Crippen LogP contribution in [0.5, 0.6) is 0 Å². The van der Waals surface area contributed by atoms with Gasteiger partial charge >= 0.3 is 0 Å². The van der Waals surface area contributed by atoms with Crippen molar-refractivity contribution in [3.8, 4) is 45.3 Å². The normalized spacial score (nSPS) is 11.8. The number of fused-ring (bicyclic) bond motifs is 8. The summed E-state index contributed by atoms with van der Waals surface area (Å²) in [6.07, 6.45) is 0. The molecule has 11 aromatic rings. The number of hydrogen-bond acceptors (Lipinski definition) is 6. The summed E-state index contributed by atoms with van der Waals surface area (Å²) >= 11 is 0. The van der Waals surface area contributed by atoms with Crippen LogP contribution in [0.2, 0.25) is 0 Å². The van der Waals surface area contributed by atoms with Gasteiger partial charge in [-0.1, -0.05) is 115 Å². The van der Waals surface area contributed by atoms with E-state index in [9.17, 15) is 0 Å². The van der Waals surface area contributed by atoms with Gasteiger partial charge in [0.1, 0.15) is 16.7 Å². The summed E-state index contributed by atoms with van der Waals surface area (Å²) < 4.78 is 12.9. The van der Waals surface area contributed by atoms with Crippen LogP contribution in [0.1, 0.15) is 0 Å². The van der Waals surface area contributed by atoms with E-state index < -0.39 is 0 Å². The fourth-order valence-electron chi connectivity index (χ4n) is 7.45. The lowest BCUT2D eigenvalue weighted by molar-refractivity contribution is 0.656. The van der Waals surface area contributed by atoms with Crippen LogP contribution in [0.4, 0.5) is 0 Å². The standard InChI is InChI=1S/C46H26N4O2/c1-2-12-28(13-3-1)43-48-44(31-22-21-27-11-4-5-14-29(27)23-31)50-45(49-43)35-25-32(33-17-10-20-39-41(33)34-16-7-9-19-38(34)51-39)26-40-42(35)36-24-30-15-6-8-18-37(30)47-46(36)52-40/h1-26H. The van der Waals surface area contributed by atoms with Gasteiger partial charge in [-0.15, -0.1) is 0 Å². The van der Waals surface area contributed by atoms with E-state index in [1.165, 1.54) is 0 Å². The van der Waals surface area contributed by atoms with E-state index in [0.29, 0.717) is 28.8 Å². The van der Waals surface area contributed by atoms with Gasteiger partial charge in [-0.3, -0.25) is 0 Å². The van der Waals surface area contributed by atoms with Crippen molar-refractivity contribution in [3.05, 3.63) is 158 Å². The van der Waals surface area contributed by atoms with Crippen LogP contribution in [0.25, 0.3) is 111 Å². The second-order valence-electron chi connectivity index (χ2n) is 13.0. The average Bonchev–Trinajstić information content (AvgIpc) is 3.77. The van der Waals surface area contributed by atoms with E-state index >= 15 is 0 Å². The largest absolute Gasteiger partial charge is 0.456 e. The number of pyridine rings is 1. The molecule has 0 amide bonds. The predicted octanol–water partition coefficient (Wildman–Crippen LogP) is 12.0.